The van der Waals surface area contributed by atoms with Gasteiger partial charge in [0.1, 0.15) is 0 Å². The molecule has 0 saturated heterocycles. The molecule has 0 aliphatic heterocycles. The Labute approximate surface area is 56.3 Å². The van der Waals surface area contributed by atoms with E-state index in [0.29, 0.717) is 0 Å². The fourth-order valence-electron chi connectivity index (χ4n) is 0.565. The summed E-state index contributed by atoms with van der Waals surface area (Å²) < 4.78 is 0. The molecule has 1 unspecified atom stereocenters. The summed E-state index contributed by atoms with van der Waals surface area (Å²) in [6, 6.07) is 2.13. The normalized spacial score (nSPS) is 14.3. The van der Waals surface area contributed by atoms with Crippen LogP contribution in [0.15, 0.2) is 24.3 Å². The van der Waals surface area contributed by atoms with Crippen LogP contribution < -0.4 is 0 Å². The van der Waals surface area contributed by atoms with Crippen LogP contribution in [-0.4, -0.2) is 0 Å². The lowest BCUT2D eigenvalue weighted by Crippen LogP contribution is -1.82. The van der Waals surface area contributed by atoms with Crippen LogP contribution in [0, 0.1) is 17.2 Å². The Kier molecular flexibility index (Phi) is 4.53. The van der Waals surface area contributed by atoms with E-state index in [9.17, 15) is 0 Å². The van der Waals surface area contributed by atoms with Crippen molar-refractivity contribution in [3.63, 3.8) is 0 Å². The highest BCUT2D eigenvalue weighted by atomic mass is 14.2. The molecule has 0 N–H and O–H groups in total. The van der Waals surface area contributed by atoms with Gasteiger partial charge in [-0.25, -0.2) is 0 Å². The number of allylic oxidation sites excluding steroid dienone is 4. The van der Waals surface area contributed by atoms with Gasteiger partial charge in [0.05, 0.1) is 12.0 Å². The Hall–Kier alpha value is -1.03. The highest BCUT2D eigenvalue weighted by molar-refractivity contribution is 5.09. The van der Waals surface area contributed by atoms with Crippen molar-refractivity contribution in [3.8, 4) is 6.07 Å². The minimum atomic E-state index is -0.0417. The molecule has 0 aromatic heterocycles. The van der Waals surface area contributed by atoms with E-state index in [1.165, 1.54) is 0 Å². The van der Waals surface area contributed by atoms with E-state index in [4.69, 9.17) is 5.26 Å². The quantitative estimate of drug-likeness (QED) is 0.514. The van der Waals surface area contributed by atoms with Crippen molar-refractivity contribution in [1.82, 2.24) is 0 Å². The van der Waals surface area contributed by atoms with Gasteiger partial charge in [-0.15, -0.1) is 0 Å². The van der Waals surface area contributed by atoms with Gasteiger partial charge < -0.3 is 0 Å². The van der Waals surface area contributed by atoms with Gasteiger partial charge in [-0.2, -0.15) is 5.26 Å². The number of rotatable bonds is 2. The molecule has 0 saturated carbocycles. The van der Waals surface area contributed by atoms with Crippen LogP contribution in [0.1, 0.15) is 13.8 Å². The maximum atomic E-state index is 8.44. The molecule has 0 spiro atoms. The van der Waals surface area contributed by atoms with Crippen LogP contribution in [-0.2, 0) is 0 Å². The molecule has 0 heterocycles. The second kappa shape index (κ2) is 5.11. The SMILES string of the molecule is C/C=C\C(C#N)/C=C/C. The molecule has 1 nitrogen and oxygen atoms in total. The zero-order valence-electron chi connectivity index (χ0n) is 5.83. The first-order valence-electron chi connectivity index (χ1n) is 3.00. The summed E-state index contributed by atoms with van der Waals surface area (Å²) >= 11 is 0. The largest absolute Gasteiger partial charge is 0.197 e. The van der Waals surface area contributed by atoms with Gasteiger partial charge in [0, 0.05) is 0 Å². The first kappa shape index (κ1) is 7.97. The Morgan fingerprint density at radius 1 is 1.22 bits per heavy atom. The maximum Gasteiger partial charge on any atom is 0.0824 e. The summed E-state index contributed by atoms with van der Waals surface area (Å²) in [5, 5.41) is 8.44. The van der Waals surface area contributed by atoms with E-state index in [0.717, 1.165) is 0 Å². The van der Waals surface area contributed by atoms with Crippen molar-refractivity contribution in [2.45, 2.75) is 13.8 Å². The third-order valence-corrected chi connectivity index (χ3v) is 0.949. The molecule has 1 heteroatoms. The molecule has 0 aromatic carbocycles. The van der Waals surface area contributed by atoms with E-state index in [1.807, 2.05) is 38.2 Å². The van der Waals surface area contributed by atoms with Gasteiger partial charge >= 0.3 is 0 Å². The topological polar surface area (TPSA) is 23.8 Å². The first-order chi connectivity index (χ1) is 4.35. The molecule has 0 bridgehead atoms. The number of hydrogen-bond donors (Lipinski definition) is 0. The minimum Gasteiger partial charge on any atom is -0.197 e. The lowest BCUT2D eigenvalue weighted by Gasteiger charge is -1.89. The van der Waals surface area contributed by atoms with Crippen molar-refractivity contribution in [2.24, 2.45) is 5.92 Å². The van der Waals surface area contributed by atoms with Crippen molar-refractivity contribution in [1.29, 1.82) is 5.26 Å². The summed E-state index contributed by atoms with van der Waals surface area (Å²) in [4.78, 5) is 0. The minimum absolute atomic E-state index is 0.0417. The van der Waals surface area contributed by atoms with E-state index in [-0.39, 0.29) is 5.92 Å². The molecule has 9 heavy (non-hydrogen) atoms. The number of nitriles is 1. The second-order valence-corrected chi connectivity index (χ2v) is 1.71. The van der Waals surface area contributed by atoms with E-state index >= 15 is 0 Å². The molecule has 0 rings (SSSR count). The van der Waals surface area contributed by atoms with Gasteiger partial charge in [0.2, 0.25) is 0 Å². The van der Waals surface area contributed by atoms with Crippen molar-refractivity contribution in [2.75, 3.05) is 0 Å². The Balaban J connectivity index is 3.87. The number of hydrogen-bond acceptors (Lipinski definition) is 1. The molecule has 0 amide bonds. The monoisotopic (exact) mass is 121 g/mol. The lowest BCUT2D eigenvalue weighted by atomic mass is 10.1. The zero-order chi connectivity index (χ0) is 7.11. The summed E-state index contributed by atoms with van der Waals surface area (Å²) in [7, 11) is 0. The summed E-state index contributed by atoms with van der Waals surface area (Å²) in [5.41, 5.74) is 0. The molecule has 0 radical (unpaired) electrons. The molecule has 0 aliphatic rings. The zero-order valence-corrected chi connectivity index (χ0v) is 5.83. The standard InChI is InChI=1S/C8H11N/c1-3-5-8(7-9)6-4-2/h3-6,8H,1-2H3/b5-3-,6-4+. The average molecular weight is 121 g/mol. The van der Waals surface area contributed by atoms with Crippen LogP contribution in [0.5, 0.6) is 0 Å². The maximum absolute atomic E-state index is 8.44. The predicted octanol–water partition coefficient (Wildman–Crippen LogP) is 2.28. The third-order valence-electron chi connectivity index (χ3n) is 0.949. The highest BCUT2D eigenvalue weighted by Crippen LogP contribution is 1.97. The van der Waals surface area contributed by atoms with Gasteiger partial charge in [0.15, 0.2) is 0 Å². The molecule has 0 aromatic rings. The van der Waals surface area contributed by atoms with Crippen LogP contribution in [0.25, 0.3) is 0 Å². The molecule has 48 valence electrons. The van der Waals surface area contributed by atoms with Gasteiger partial charge in [-0.05, 0) is 13.8 Å². The fourth-order valence-corrected chi connectivity index (χ4v) is 0.565. The Morgan fingerprint density at radius 2 is 1.67 bits per heavy atom. The van der Waals surface area contributed by atoms with E-state index in [1.54, 1.807) is 0 Å². The molecular formula is C8H11N. The van der Waals surface area contributed by atoms with Crippen LogP contribution >= 0.6 is 0 Å². The Morgan fingerprint density at radius 3 is 1.89 bits per heavy atom. The van der Waals surface area contributed by atoms with Crippen LogP contribution in [0.3, 0.4) is 0 Å². The van der Waals surface area contributed by atoms with E-state index < -0.39 is 0 Å². The van der Waals surface area contributed by atoms with Crippen LogP contribution in [0.2, 0.25) is 0 Å². The van der Waals surface area contributed by atoms with Crippen LogP contribution in [0.4, 0.5) is 0 Å². The summed E-state index contributed by atoms with van der Waals surface area (Å²) in [5.74, 6) is -0.0417. The fraction of sp³-hybridized carbons (Fsp3) is 0.375. The van der Waals surface area contributed by atoms with Crippen molar-refractivity contribution < 1.29 is 0 Å². The van der Waals surface area contributed by atoms with Gasteiger partial charge in [-0.1, -0.05) is 24.3 Å². The third kappa shape index (κ3) is 3.54. The Bertz CT molecular complexity index is 136. The van der Waals surface area contributed by atoms with Crippen molar-refractivity contribution in [3.05, 3.63) is 24.3 Å². The second-order valence-electron chi connectivity index (χ2n) is 1.71. The first-order valence-corrected chi connectivity index (χ1v) is 3.00. The highest BCUT2D eigenvalue weighted by Gasteiger charge is 1.91. The summed E-state index contributed by atoms with van der Waals surface area (Å²) in [6.07, 6.45) is 7.49. The van der Waals surface area contributed by atoms with E-state index in [2.05, 4.69) is 6.07 Å². The summed E-state index contributed by atoms with van der Waals surface area (Å²) in [6.45, 7) is 3.82. The molecular weight excluding hydrogens is 110 g/mol. The molecule has 0 aliphatic carbocycles. The number of nitrogens with zero attached hydrogens (tertiary/aromatic N) is 1. The van der Waals surface area contributed by atoms with Gasteiger partial charge in [0.25, 0.3) is 0 Å². The lowest BCUT2D eigenvalue weighted by molar-refractivity contribution is 1.07. The molecule has 1 atom stereocenters. The van der Waals surface area contributed by atoms with Gasteiger partial charge in [-0.3, -0.25) is 0 Å². The smallest absolute Gasteiger partial charge is 0.0824 e. The predicted molar refractivity (Wildman–Crippen MR) is 38.7 cm³/mol. The average Bonchev–Trinajstić information content (AvgIpc) is 1.88. The van der Waals surface area contributed by atoms with Crippen molar-refractivity contribution >= 4 is 0 Å². The molecule has 0 fully saturated rings.